The van der Waals surface area contributed by atoms with Crippen LogP contribution in [-0.4, -0.2) is 140 Å². The summed E-state index contributed by atoms with van der Waals surface area (Å²) in [6.45, 7) is 26.1. The molecule has 6 aromatic carbocycles. The maximum atomic E-state index is 6.02. The molecule has 22 nitrogen and oxygen atoms in total. The van der Waals surface area contributed by atoms with Gasteiger partial charge in [-0.15, -0.1) is 40.9 Å². The van der Waals surface area contributed by atoms with E-state index in [1.54, 1.807) is 50.3 Å². The first-order valence-corrected chi connectivity index (χ1v) is 39.9. The van der Waals surface area contributed by atoms with E-state index in [2.05, 4.69) is 44.6 Å². The molecule has 5 unspecified atom stereocenters. The number of aromatic nitrogens is 2. The standard InChI is InChI=1S/C20H29O6.C19H23O5S.C18H19O3.2C17H18NO3.Ca.4Cs.H/c1-15-9-20(25-13-15)26-19-11-17(23-8-7-21-2)10-18(12-19)24-14-16-3-5-22-6-4-16;1-14-8-19(23-12-14)24-17-10-15(21-6-5-20-2)9-16(11-17)22-13-18-4-3-7-25-18;1-14-11-18(20-12-14)21-17-9-7-16(8-10-17)19-13-15-5-3-2-4-6-15;1-13-8-17(20-11-13)21-16-6-2-5-15(9-16)19-12-14-4-3-7-18-10-14;1-13-9-17(20-11-13)21-16-4-2-3-15(10-16)19-12-14-5-7-18-8-6-14;;;;;;/h10-13,15-16,20H,3-9,14H2,1-2H3;3-4,7,9-12,14,19H,5-6,8,13H2,1-2H3;2-10,12,14,18H,11,13H2,1H3;2-7,9-11,13,17H,8,12H2,1H3;2-8,10-11,13,17H,9,12H2,1H3;;;;;;/q5*-1;+2;4*+1;-1/t15-,20?;14-,19?;14-,18?;2*13-,17?;;;;;;/m11111....../s1. The Hall–Kier alpha value is 0.0675. The van der Waals surface area contributed by atoms with Crippen molar-refractivity contribution < 1.29 is 372 Å². The third kappa shape index (κ3) is 42.7. The van der Waals surface area contributed by atoms with Crippen molar-refractivity contribution in [3.05, 3.63) is 261 Å². The van der Waals surface area contributed by atoms with Crippen LogP contribution in [0.4, 0.5) is 0 Å². The summed E-state index contributed by atoms with van der Waals surface area (Å²) in [7, 11) is 3.30. The molecule has 0 aliphatic carbocycles. The van der Waals surface area contributed by atoms with Gasteiger partial charge in [0.05, 0.1) is 19.8 Å². The third-order valence-electron chi connectivity index (χ3n) is 18.0. The summed E-state index contributed by atoms with van der Waals surface area (Å²) >= 11 is 1.67. The van der Waals surface area contributed by atoms with E-state index < -0.39 is 0 Å². The van der Waals surface area contributed by atoms with Crippen molar-refractivity contribution in [2.24, 2.45) is 35.5 Å². The summed E-state index contributed by atoms with van der Waals surface area (Å²) < 4.78 is 113. The van der Waals surface area contributed by atoms with E-state index in [1.165, 1.54) is 0 Å². The maximum Gasteiger partial charge on any atom is 2.00 e. The van der Waals surface area contributed by atoms with Crippen LogP contribution in [0.2, 0.25) is 0 Å². The number of thiophene rings is 1. The van der Waals surface area contributed by atoms with Gasteiger partial charge in [0.1, 0.15) is 109 Å². The molecule has 6 aliphatic rings. The molecule has 0 saturated carbocycles. The van der Waals surface area contributed by atoms with Crippen molar-refractivity contribution >= 4 is 49.1 Å². The van der Waals surface area contributed by atoms with Crippen LogP contribution in [0.1, 0.15) is 103 Å². The quantitative estimate of drug-likeness (QED) is 0.0235. The van der Waals surface area contributed by atoms with Gasteiger partial charge in [0.15, 0.2) is 31.5 Å². The second-order valence-electron chi connectivity index (χ2n) is 28.3. The van der Waals surface area contributed by atoms with Gasteiger partial charge in [0.2, 0.25) is 0 Å². The van der Waals surface area contributed by atoms with Crippen molar-refractivity contribution in [2.75, 3.05) is 60.5 Å². The smallest absolute Gasteiger partial charge is 1.00 e. The van der Waals surface area contributed by atoms with Gasteiger partial charge in [-0.1, -0.05) is 89.2 Å². The molecule has 9 heterocycles. The zero-order valence-corrected chi connectivity index (χ0v) is 98.9. The van der Waals surface area contributed by atoms with E-state index in [-0.39, 0.29) is 346 Å². The number of hydrogen-bond acceptors (Lipinski definition) is 23. The summed E-state index contributed by atoms with van der Waals surface area (Å²) in [6.07, 6.45) is 12.4. The second kappa shape index (κ2) is 62.4. The Kier molecular flexibility index (Phi) is 56.5. The summed E-state index contributed by atoms with van der Waals surface area (Å²) in [4.78, 5) is 9.21. The normalized spacial score (nSPS) is 20.6. The first kappa shape index (κ1) is 108. The van der Waals surface area contributed by atoms with Crippen molar-refractivity contribution in [3.63, 3.8) is 0 Å². The Balaban J connectivity index is 0.000000264. The van der Waals surface area contributed by atoms with E-state index in [1.807, 2.05) is 214 Å². The Morgan fingerprint density at radius 2 is 0.739 bits per heavy atom. The number of ether oxygens (including phenoxy) is 20. The second-order valence-corrected chi connectivity index (χ2v) is 29.4. The van der Waals surface area contributed by atoms with Gasteiger partial charge in [-0.3, -0.25) is 9.97 Å². The molecular weight excluding hydrogens is 2040 g/mol. The number of benzene rings is 6. The Bertz CT molecular complexity index is 4050. The molecule has 0 amide bonds. The fraction of sp³-hybridized carbons (Fsp3) is 0.396. The van der Waals surface area contributed by atoms with Gasteiger partial charge in [-0.05, 0) is 140 Å². The zero-order chi connectivity index (χ0) is 79.2. The molecule has 0 N–H and O–H groups in total. The van der Waals surface area contributed by atoms with Crippen molar-refractivity contribution in [2.45, 2.75) is 137 Å². The average molecular weight is 2150 g/mol. The SMILES string of the molecule is COCCOc1cc(OCC2CCOCC2)cc(OC2C[C@@H](C)[CH-]O2)c1.COCCOc1cc(OCc2cccs2)cc(OC2C[C@@H](C)[CH-]O2)c1.C[C@H]1[CH-]OC(Oc2ccc(OCc3ccccc3)cc2)C1.C[C@H]1[CH-]OC(Oc2cccc(OCc3cccnc3)c2)C1.C[C@H]1[CH-]OC(Oc2cccc(OCc3ccncc3)c2)C1.[Ca+2].[Cs+].[Cs+].[Cs+].[Cs+].[H-]. The number of methoxy groups -OCH3 is 2. The van der Waals surface area contributed by atoms with Gasteiger partial charge >= 0.3 is 313 Å². The molecule has 0 spiro atoms. The van der Waals surface area contributed by atoms with Gasteiger partial charge < -0.3 is 96.2 Å². The molecule has 0 bridgehead atoms. The van der Waals surface area contributed by atoms with Crippen LogP contribution in [0.15, 0.2) is 206 Å². The average Bonchev–Trinajstić information content (AvgIpc) is 1.40. The van der Waals surface area contributed by atoms with E-state index in [4.69, 9.17) is 94.7 Å². The Morgan fingerprint density at radius 3 is 1.18 bits per heavy atom. The summed E-state index contributed by atoms with van der Waals surface area (Å²) in [6, 6.07) is 56.0. The summed E-state index contributed by atoms with van der Waals surface area (Å²) in [5.41, 5.74) is 3.27. The predicted octanol–water partition coefficient (Wildman–Crippen LogP) is 6.82. The van der Waals surface area contributed by atoms with Crippen LogP contribution < -0.4 is 332 Å². The maximum absolute atomic E-state index is 6.02. The minimum atomic E-state index is -0.269. The Labute approximate surface area is 974 Å². The Morgan fingerprint density at radius 1 is 0.353 bits per heavy atom. The third-order valence-corrected chi connectivity index (χ3v) is 18.9. The molecule has 28 heteroatoms. The van der Waals surface area contributed by atoms with Crippen LogP contribution in [0.25, 0.3) is 0 Å². The van der Waals surface area contributed by atoms with Gasteiger partial charge in [-0.2, -0.15) is 0 Å². The molecule has 15 rings (SSSR count). The molecule has 3 aromatic heterocycles. The fourth-order valence-corrected chi connectivity index (χ4v) is 12.6. The molecule has 6 aliphatic heterocycles. The first-order chi connectivity index (χ1) is 55.8. The number of nitrogens with zero attached hydrogens (tertiary/aromatic N) is 2. The van der Waals surface area contributed by atoms with Crippen molar-refractivity contribution in [1.82, 2.24) is 9.97 Å². The monoisotopic (exact) mass is 2150 g/mol. The van der Waals surface area contributed by atoms with Gasteiger partial charge in [0, 0.05) is 111 Å². The van der Waals surface area contributed by atoms with E-state index in [0.717, 1.165) is 120 Å². The first-order valence-electron chi connectivity index (χ1n) is 39.0. The summed E-state index contributed by atoms with van der Waals surface area (Å²) in [5.74, 6) is 11.5. The summed E-state index contributed by atoms with van der Waals surface area (Å²) in [5, 5.41) is 2.03. The van der Waals surface area contributed by atoms with Crippen LogP contribution in [0.3, 0.4) is 0 Å². The number of hydrogen-bond donors (Lipinski definition) is 0. The van der Waals surface area contributed by atoms with E-state index in [9.17, 15) is 0 Å². The van der Waals surface area contributed by atoms with E-state index >= 15 is 0 Å². The van der Waals surface area contributed by atoms with Crippen LogP contribution in [0, 0.1) is 68.5 Å². The van der Waals surface area contributed by atoms with Crippen molar-refractivity contribution in [1.29, 1.82) is 0 Å². The van der Waals surface area contributed by atoms with E-state index in [0.29, 0.717) is 124 Å². The zero-order valence-electron chi connectivity index (χ0n) is 71.8. The minimum absolute atomic E-state index is 0. The molecule has 6 fully saturated rings. The minimum Gasteiger partial charge on any atom is -1.00 e. The topological polar surface area (TPSA) is 210 Å². The van der Waals surface area contributed by atoms with Crippen LogP contribution >= 0.6 is 11.3 Å². The molecular formula is C91H108CaCs4N2O20S. The molecule has 119 heavy (non-hydrogen) atoms. The molecule has 614 valence electrons. The number of pyridine rings is 2. The van der Waals surface area contributed by atoms with Crippen LogP contribution in [0.5, 0.6) is 69.0 Å². The fourth-order valence-electron chi connectivity index (χ4n) is 12.0. The largest absolute Gasteiger partial charge is 2.00 e. The molecule has 9 aromatic rings. The molecule has 6 saturated heterocycles. The van der Waals surface area contributed by atoms with Crippen LogP contribution in [-0.2, 0) is 64.3 Å². The number of rotatable bonds is 33. The van der Waals surface area contributed by atoms with Crippen molar-refractivity contribution in [3.8, 4) is 69.0 Å². The van der Waals surface area contributed by atoms with Gasteiger partial charge in [0.25, 0.3) is 0 Å². The molecule has 0 radical (unpaired) electrons. The predicted molar refractivity (Wildman–Crippen MR) is 437 cm³/mol. The van der Waals surface area contributed by atoms with Gasteiger partial charge in [-0.25, -0.2) is 33.0 Å². The molecule has 10 atom stereocenters.